The van der Waals surface area contributed by atoms with E-state index >= 15 is 4.39 Å². The maximum atomic E-state index is 16.6. The molecule has 1 aromatic heterocycles. The lowest BCUT2D eigenvalue weighted by molar-refractivity contribution is -0.131. The van der Waals surface area contributed by atoms with Crippen molar-refractivity contribution in [3.05, 3.63) is 59.7 Å². The van der Waals surface area contributed by atoms with Crippen LogP contribution in [0.2, 0.25) is 0 Å². The normalized spacial score (nSPS) is 22.1. The van der Waals surface area contributed by atoms with E-state index in [1.54, 1.807) is 6.07 Å². The molecule has 2 aromatic carbocycles. The largest absolute Gasteiger partial charge is 0.462 e. The van der Waals surface area contributed by atoms with E-state index in [9.17, 15) is 14.4 Å². The lowest BCUT2D eigenvalue weighted by Crippen LogP contribution is -2.55. The summed E-state index contributed by atoms with van der Waals surface area (Å²) in [5, 5.41) is 9.97. The van der Waals surface area contributed by atoms with Gasteiger partial charge in [-0.25, -0.2) is 8.78 Å². The maximum Gasteiger partial charge on any atom is 0.319 e. The van der Waals surface area contributed by atoms with E-state index in [2.05, 4.69) is 42.6 Å². The zero-order valence-electron chi connectivity index (χ0n) is 24.7. The van der Waals surface area contributed by atoms with Crippen LogP contribution < -0.4 is 9.64 Å². The van der Waals surface area contributed by atoms with Crippen LogP contribution in [0.15, 0.2) is 42.7 Å². The van der Waals surface area contributed by atoms with Gasteiger partial charge in [-0.15, -0.1) is 0 Å². The van der Waals surface area contributed by atoms with Gasteiger partial charge in [-0.2, -0.15) is 15.2 Å². The molecule has 3 heterocycles. The van der Waals surface area contributed by atoms with Gasteiger partial charge in [0.1, 0.15) is 17.9 Å². The van der Waals surface area contributed by atoms with E-state index in [1.807, 2.05) is 23.1 Å². The summed E-state index contributed by atoms with van der Waals surface area (Å²) >= 11 is 0. The number of rotatable bonds is 7. The molecule has 0 spiro atoms. The van der Waals surface area contributed by atoms with Crippen LogP contribution in [0, 0.1) is 23.1 Å². The molecule has 0 radical (unpaired) electrons. The number of hydrogen-bond acceptors (Lipinski definition) is 7. The quantitative estimate of drug-likeness (QED) is 0.358. The van der Waals surface area contributed by atoms with E-state index in [0.29, 0.717) is 35.8 Å². The van der Waals surface area contributed by atoms with Crippen molar-refractivity contribution >= 4 is 22.6 Å². The van der Waals surface area contributed by atoms with Gasteiger partial charge < -0.3 is 19.4 Å². The SMILES string of the molecule is C=C(F)C(=O)N1CCN(c2nc(OC[C@@H]3CCCN3C)nc3c(F)c(-c4cccc5c4CC(C)C5)ccc23)C[C@@H]1CC#N. The van der Waals surface area contributed by atoms with Crippen LogP contribution in [-0.2, 0) is 17.6 Å². The molecule has 2 aliphatic heterocycles. The van der Waals surface area contributed by atoms with Gasteiger partial charge in [0.15, 0.2) is 11.6 Å². The molecule has 1 amide bonds. The number of carbonyl (C=O) groups is 1. The summed E-state index contributed by atoms with van der Waals surface area (Å²) in [6.07, 6.45) is 3.97. The van der Waals surface area contributed by atoms with Crippen molar-refractivity contribution in [2.75, 3.05) is 44.7 Å². The Morgan fingerprint density at radius 2 is 1.98 bits per heavy atom. The molecular weight excluding hydrogens is 550 g/mol. The number of halogens is 2. The van der Waals surface area contributed by atoms with Gasteiger partial charge in [0.25, 0.3) is 5.91 Å². The number of aromatic nitrogens is 2. The minimum absolute atomic E-state index is 0.00591. The zero-order valence-corrected chi connectivity index (χ0v) is 24.7. The first-order valence-electron chi connectivity index (χ1n) is 15.0. The lowest BCUT2D eigenvalue weighted by Gasteiger charge is -2.41. The zero-order chi connectivity index (χ0) is 30.2. The Balaban J connectivity index is 1.42. The van der Waals surface area contributed by atoms with Gasteiger partial charge in [0.2, 0.25) is 0 Å². The predicted octanol–water partition coefficient (Wildman–Crippen LogP) is 5.06. The van der Waals surface area contributed by atoms with Crippen LogP contribution in [0.25, 0.3) is 22.0 Å². The highest BCUT2D eigenvalue weighted by atomic mass is 19.1. The number of benzene rings is 2. The molecule has 2 saturated heterocycles. The third kappa shape index (κ3) is 5.54. The van der Waals surface area contributed by atoms with Crippen molar-refractivity contribution in [2.45, 2.75) is 51.1 Å². The van der Waals surface area contributed by atoms with Gasteiger partial charge >= 0.3 is 6.01 Å². The highest BCUT2D eigenvalue weighted by molar-refractivity contribution is 5.94. The molecule has 2 fully saturated rings. The molecule has 3 aliphatic rings. The highest BCUT2D eigenvalue weighted by Crippen LogP contribution is 2.39. The molecule has 8 nitrogen and oxygen atoms in total. The molecule has 3 aromatic rings. The number of hydrogen-bond donors (Lipinski definition) is 0. The monoisotopic (exact) mass is 586 g/mol. The molecule has 3 atom stereocenters. The Morgan fingerprint density at radius 1 is 1.14 bits per heavy atom. The fraction of sp³-hybridized carbons (Fsp3) is 0.455. The van der Waals surface area contributed by atoms with E-state index in [1.165, 1.54) is 16.0 Å². The second-order valence-corrected chi connectivity index (χ2v) is 12.1. The molecule has 1 aliphatic carbocycles. The first-order chi connectivity index (χ1) is 20.7. The number of piperazine rings is 1. The summed E-state index contributed by atoms with van der Waals surface area (Å²) in [5.41, 5.74) is 3.96. The standard InChI is InChI=1S/C33H36F2N6O2/c1-20-16-22-6-4-8-25(28(22)17-20)26-9-10-27-30(29(26)35)37-33(43-19-24-7-5-13-39(24)3)38-31(27)40-14-15-41(32(42)21(2)34)23(18-40)11-12-36/h4,6,8-10,20,23-24H,2,5,7,11,13-19H2,1,3H3/t20?,23-,24-/m0/s1. The second kappa shape index (κ2) is 11.9. The number of nitriles is 1. The fourth-order valence-electron chi connectivity index (χ4n) is 6.87. The lowest BCUT2D eigenvalue weighted by atomic mass is 9.95. The van der Waals surface area contributed by atoms with Gasteiger partial charge in [-0.05, 0) is 68.0 Å². The first-order valence-corrected chi connectivity index (χ1v) is 15.0. The number of carbonyl (C=O) groups excluding carboxylic acids is 1. The number of fused-ring (bicyclic) bond motifs is 2. The molecule has 43 heavy (non-hydrogen) atoms. The molecule has 0 N–H and O–H groups in total. The van der Waals surface area contributed by atoms with E-state index in [-0.39, 0.29) is 37.1 Å². The molecule has 0 bridgehead atoms. The van der Waals surface area contributed by atoms with Crippen LogP contribution in [0.5, 0.6) is 6.01 Å². The maximum absolute atomic E-state index is 16.6. The van der Waals surface area contributed by atoms with Crippen LogP contribution in [-0.4, -0.2) is 77.6 Å². The van der Waals surface area contributed by atoms with Crippen molar-refractivity contribution in [3.63, 3.8) is 0 Å². The van der Waals surface area contributed by atoms with E-state index in [0.717, 1.165) is 37.8 Å². The average molecular weight is 587 g/mol. The van der Waals surface area contributed by atoms with E-state index in [4.69, 9.17) is 9.72 Å². The predicted molar refractivity (Wildman–Crippen MR) is 161 cm³/mol. The summed E-state index contributed by atoms with van der Waals surface area (Å²) in [6.45, 7) is 7.42. The van der Waals surface area contributed by atoms with Crippen molar-refractivity contribution in [1.82, 2.24) is 19.8 Å². The summed E-state index contributed by atoms with van der Waals surface area (Å²) in [5.74, 6) is -1.35. The Bertz CT molecular complexity index is 1620. The van der Waals surface area contributed by atoms with Crippen LogP contribution in [0.4, 0.5) is 14.6 Å². The van der Waals surface area contributed by atoms with Gasteiger partial charge in [-0.3, -0.25) is 4.79 Å². The molecule has 6 rings (SSSR count). The summed E-state index contributed by atoms with van der Waals surface area (Å²) in [6, 6.07) is 11.5. The minimum Gasteiger partial charge on any atom is -0.462 e. The molecule has 1 unspecified atom stereocenters. The summed E-state index contributed by atoms with van der Waals surface area (Å²) in [7, 11) is 2.06. The molecule has 0 saturated carbocycles. The molecule has 10 heteroatoms. The smallest absolute Gasteiger partial charge is 0.319 e. The number of likely N-dealkylation sites (tertiary alicyclic amines) is 1. The van der Waals surface area contributed by atoms with Crippen LogP contribution in [0.1, 0.15) is 37.3 Å². The third-order valence-electron chi connectivity index (χ3n) is 9.13. The number of ether oxygens (including phenoxy) is 1. The van der Waals surface area contributed by atoms with Gasteiger partial charge in [-0.1, -0.05) is 37.8 Å². The van der Waals surface area contributed by atoms with Crippen LogP contribution >= 0.6 is 0 Å². The van der Waals surface area contributed by atoms with E-state index < -0.39 is 23.6 Å². The third-order valence-corrected chi connectivity index (χ3v) is 9.13. The Hall–Kier alpha value is -4.10. The summed E-state index contributed by atoms with van der Waals surface area (Å²) in [4.78, 5) is 27.3. The number of anilines is 1. The van der Waals surface area contributed by atoms with Crippen molar-refractivity contribution in [3.8, 4) is 23.2 Å². The second-order valence-electron chi connectivity index (χ2n) is 12.1. The van der Waals surface area contributed by atoms with Crippen LogP contribution in [0.3, 0.4) is 0 Å². The van der Waals surface area contributed by atoms with Gasteiger partial charge in [0.05, 0.1) is 18.5 Å². The first kappa shape index (κ1) is 29.0. The van der Waals surface area contributed by atoms with Crippen molar-refractivity contribution in [2.24, 2.45) is 5.92 Å². The fourth-order valence-corrected chi connectivity index (χ4v) is 6.87. The molecule has 224 valence electrons. The molecular formula is C33H36F2N6O2. The number of likely N-dealkylation sites (N-methyl/N-ethyl adjacent to an activating group) is 1. The average Bonchev–Trinajstić information content (AvgIpc) is 3.59. The Morgan fingerprint density at radius 3 is 2.72 bits per heavy atom. The van der Waals surface area contributed by atoms with Crippen molar-refractivity contribution in [1.29, 1.82) is 5.26 Å². The highest BCUT2D eigenvalue weighted by Gasteiger charge is 2.34. The summed E-state index contributed by atoms with van der Waals surface area (Å²) < 4.78 is 36.5. The Labute approximate surface area is 250 Å². The topological polar surface area (TPSA) is 85.6 Å². The number of amides is 1. The Kier molecular flexibility index (Phi) is 8.01. The van der Waals surface area contributed by atoms with Gasteiger partial charge in [0, 0.05) is 36.6 Å². The number of nitrogens with zero attached hydrogens (tertiary/aromatic N) is 6. The minimum atomic E-state index is -1.06. The van der Waals surface area contributed by atoms with Crippen molar-refractivity contribution < 1.29 is 18.3 Å².